The largest absolute Gasteiger partial charge is 0.466 e. The van der Waals surface area contributed by atoms with E-state index < -0.39 is 35.3 Å². The summed E-state index contributed by atoms with van der Waals surface area (Å²) < 4.78 is 16.8. The molecule has 2 atom stereocenters. The Labute approximate surface area is 267 Å². The van der Waals surface area contributed by atoms with Gasteiger partial charge in [-0.3, -0.25) is 23.7 Å². The number of anilines is 1. The zero-order chi connectivity index (χ0) is 33.6. The van der Waals surface area contributed by atoms with Gasteiger partial charge in [-0.1, -0.05) is 0 Å². The van der Waals surface area contributed by atoms with Crippen LogP contribution in [0.2, 0.25) is 0 Å². The van der Waals surface area contributed by atoms with Crippen molar-refractivity contribution in [3.05, 3.63) is 69.3 Å². The van der Waals surface area contributed by atoms with Crippen LogP contribution in [0.5, 0.6) is 0 Å². The van der Waals surface area contributed by atoms with E-state index in [1.54, 1.807) is 65.8 Å². The Balaban J connectivity index is 1.47. The summed E-state index contributed by atoms with van der Waals surface area (Å²) in [5.41, 5.74) is 2.80. The second kappa shape index (κ2) is 14.6. The first-order valence-corrected chi connectivity index (χ1v) is 15.5. The number of nitrogens with one attached hydrogen (secondary N) is 2. The molecule has 2 aromatic carbocycles. The van der Waals surface area contributed by atoms with Crippen LogP contribution < -0.4 is 16.2 Å². The van der Waals surface area contributed by atoms with Crippen molar-refractivity contribution in [1.82, 2.24) is 14.9 Å². The minimum Gasteiger partial charge on any atom is -0.466 e. The molecule has 0 saturated carbocycles. The summed E-state index contributed by atoms with van der Waals surface area (Å²) in [6.45, 7) is 10.5. The Kier molecular flexibility index (Phi) is 10.8. The van der Waals surface area contributed by atoms with Gasteiger partial charge in [0.15, 0.2) is 6.73 Å². The maximum Gasteiger partial charge on any atom is 0.328 e. The second-order valence-electron chi connectivity index (χ2n) is 12.2. The number of nitrogens with zero attached hydrogens (tertiary/aromatic N) is 2. The molecule has 12 heteroatoms. The van der Waals surface area contributed by atoms with Crippen LogP contribution in [0.4, 0.5) is 5.69 Å². The lowest BCUT2D eigenvalue weighted by atomic mass is 9.98. The van der Waals surface area contributed by atoms with Gasteiger partial charge in [0.2, 0.25) is 0 Å². The molecule has 46 heavy (non-hydrogen) atoms. The fourth-order valence-corrected chi connectivity index (χ4v) is 5.22. The molecule has 0 saturated heterocycles. The standard InChI is InChI=1S/C34H42N4O8/c1-7-44-29(39)16-15-27(32(42)45-8-2)37-30(40)21-9-12-23(13-10-21)36-26-14-11-22-17-28-25(18-24(22)26)31(41)38(20(3)35-28)19-46-33(43)34(4,5)6/h9-10,12-13,17-18,26-27,36H,7-8,11,14-16,19H2,1-6H3,(H,37,40)/t26?,27-/m0/s1. The van der Waals surface area contributed by atoms with Gasteiger partial charge in [0, 0.05) is 17.7 Å². The molecule has 0 aliphatic heterocycles. The van der Waals surface area contributed by atoms with Crippen LogP contribution in [-0.4, -0.2) is 52.6 Å². The summed E-state index contributed by atoms with van der Waals surface area (Å²) >= 11 is 0. The quantitative estimate of drug-likeness (QED) is 0.217. The molecule has 1 unspecified atom stereocenters. The molecule has 0 spiro atoms. The average Bonchev–Trinajstić information content (AvgIpc) is 3.39. The van der Waals surface area contributed by atoms with Gasteiger partial charge in [-0.2, -0.15) is 0 Å². The molecular weight excluding hydrogens is 592 g/mol. The van der Waals surface area contributed by atoms with Crippen molar-refractivity contribution in [2.24, 2.45) is 5.41 Å². The molecule has 1 aromatic heterocycles. The highest BCUT2D eigenvalue weighted by molar-refractivity contribution is 5.97. The smallest absolute Gasteiger partial charge is 0.328 e. The molecule has 2 N–H and O–H groups in total. The average molecular weight is 635 g/mol. The molecule has 4 rings (SSSR count). The highest BCUT2D eigenvalue weighted by Crippen LogP contribution is 2.35. The molecule has 0 radical (unpaired) electrons. The van der Waals surface area contributed by atoms with Crippen molar-refractivity contribution in [2.45, 2.75) is 86.0 Å². The number of carbonyl (C=O) groups excluding carboxylic acids is 4. The highest BCUT2D eigenvalue weighted by Gasteiger charge is 2.27. The summed E-state index contributed by atoms with van der Waals surface area (Å²) in [7, 11) is 0. The summed E-state index contributed by atoms with van der Waals surface area (Å²) in [5.74, 6) is -1.49. The predicted octanol–water partition coefficient (Wildman–Crippen LogP) is 4.36. The molecular formula is C34H42N4O8. The number of esters is 3. The van der Waals surface area contributed by atoms with E-state index in [4.69, 9.17) is 14.2 Å². The van der Waals surface area contributed by atoms with E-state index in [0.717, 1.165) is 29.7 Å². The van der Waals surface area contributed by atoms with E-state index in [1.807, 2.05) is 12.1 Å². The third-order valence-electron chi connectivity index (χ3n) is 7.73. The van der Waals surface area contributed by atoms with Gasteiger partial charge in [-0.25, -0.2) is 9.78 Å². The number of rotatable bonds is 12. The maximum absolute atomic E-state index is 13.5. The van der Waals surface area contributed by atoms with Crippen LogP contribution in [-0.2, 0) is 41.7 Å². The first-order valence-electron chi connectivity index (χ1n) is 15.5. The molecule has 1 amide bonds. The van der Waals surface area contributed by atoms with Crippen molar-refractivity contribution in [3.63, 3.8) is 0 Å². The summed E-state index contributed by atoms with van der Waals surface area (Å²) in [6, 6.07) is 9.57. The Morgan fingerprint density at radius 3 is 2.37 bits per heavy atom. The molecule has 246 valence electrons. The number of carbonyl (C=O) groups is 4. The first-order chi connectivity index (χ1) is 21.8. The third kappa shape index (κ3) is 8.09. The number of ether oxygens (including phenoxy) is 3. The van der Waals surface area contributed by atoms with E-state index in [9.17, 15) is 24.0 Å². The molecule has 0 bridgehead atoms. The van der Waals surface area contributed by atoms with Crippen LogP contribution in [0.1, 0.15) is 87.2 Å². The van der Waals surface area contributed by atoms with Crippen LogP contribution in [0.15, 0.2) is 41.2 Å². The Morgan fingerprint density at radius 2 is 1.72 bits per heavy atom. The predicted molar refractivity (Wildman–Crippen MR) is 171 cm³/mol. The Morgan fingerprint density at radius 1 is 1.02 bits per heavy atom. The molecule has 0 fully saturated rings. The van der Waals surface area contributed by atoms with Gasteiger partial charge in [0.1, 0.15) is 11.9 Å². The summed E-state index contributed by atoms with van der Waals surface area (Å²) in [4.78, 5) is 67.6. The maximum atomic E-state index is 13.5. The van der Waals surface area contributed by atoms with E-state index in [1.165, 1.54) is 4.57 Å². The number of hydrogen-bond acceptors (Lipinski definition) is 10. The van der Waals surface area contributed by atoms with Gasteiger partial charge in [0.25, 0.3) is 11.5 Å². The van der Waals surface area contributed by atoms with Gasteiger partial charge < -0.3 is 24.8 Å². The van der Waals surface area contributed by atoms with Gasteiger partial charge in [-0.05, 0) is 108 Å². The highest BCUT2D eigenvalue weighted by atomic mass is 16.5. The number of fused-ring (bicyclic) bond motifs is 2. The lowest BCUT2D eigenvalue weighted by molar-refractivity contribution is -0.157. The van der Waals surface area contributed by atoms with Crippen molar-refractivity contribution in [3.8, 4) is 0 Å². The minimum atomic E-state index is -0.993. The Bertz CT molecular complexity index is 1670. The van der Waals surface area contributed by atoms with Crippen molar-refractivity contribution >= 4 is 40.4 Å². The number of benzene rings is 2. The van der Waals surface area contributed by atoms with Crippen LogP contribution in [0, 0.1) is 12.3 Å². The fraction of sp³-hybridized carbons (Fsp3) is 0.471. The van der Waals surface area contributed by atoms with E-state index in [-0.39, 0.29) is 44.4 Å². The van der Waals surface area contributed by atoms with Crippen LogP contribution >= 0.6 is 0 Å². The SMILES string of the molecule is CCOC(=O)CC[C@H](NC(=O)c1ccc(NC2CCc3cc4nc(C)n(COC(=O)C(C)(C)C)c(=O)c4cc32)cc1)C(=O)OCC. The van der Waals surface area contributed by atoms with Crippen LogP contribution in [0.25, 0.3) is 10.9 Å². The number of aromatic nitrogens is 2. The van der Waals surface area contributed by atoms with Crippen LogP contribution in [0.3, 0.4) is 0 Å². The zero-order valence-electron chi connectivity index (χ0n) is 27.2. The Hall–Kier alpha value is -4.74. The zero-order valence-corrected chi connectivity index (χ0v) is 27.2. The second-order valence-corrected chi connectivity index (χ2v) is 12.2. The van der Waals surface area contributed by atoms with E-state index in [0.29, 0.717) is 22.3 Å². The van der Waals surface area contributed by atoms with Crippen molar-refractivity contribution < 1.29 is 33.4 Å². The molecule has 1 heterocycles. The molecule has 1 aliphatic carbocycles. The fourth-order valence-electron chi connectivity index (χ4n) is 5.22. The molecule has 1 aliphatic rings. The van der Waals surface area contributed by atoms with Crippen molar-refractivity contribution in [1.29, 1.82) is 0 Å². The monoisotopic (exact) mass is 634 g/mol. The van der Waals surface area contributed by atoms with Crippen molar-refractivity contribution in [2.75, 3.05) is 18.5 Å². The number of hydrogen-bond donors (Lipinski definition) is 2. The number of aryl methyl sites for hydroxylation is 2. The minimum absolute atomic E-state index is 0.0350. The van der Waals surface area contributed by atoms with Gasteiger partial charge in [-0.15, -0.1) is 0 Å². The first kappa shape index (κ1) is 34.1. The molecule has 12 nitrogen and oxygen atoms in total. The number of amides is 1. The summed E-state index contributed by atoms with van der Waals surface area (Å²) in [6.07, 6.45) is 1.62. The van der Waals surface area contributed by atoms with E-state index >= 15 is 0 Å². The lowest BCUT2D eigenvalue weighted by Crippen LogP contribution is -2.42. The lowest BCUT2D eigenvalue weighted by Gasteiger charge is -2.19. The topological polar surface area (TPSA) is 155 Å². The third-order valence-corrected chi connectivity index (χ3v) is 7.73. The van der Waals surface area contributed by atoms with Gasteiger partial charge in [0.05, 0.1) is 35.6 Å². The summed E-state index contributed by atoms with van der Waals surface area (Å²) in [5, 5.41) is 6.60. The molecule has 3 aromatic rings. The normalized spacial score (nSPS) is 14.7. The van der Waals surface area contributed by atoms with E-state index in [2.05, 4.69) is 15.6 Å². The van der Waals surface area contributed by atoms with Gasteiger partial charge >= 0.3 is 17.9 Å².